The Morgan fingerprint density at radius 1 is 0.321 bits per heavy atom. The molecule has 11 heteroatoms. The fraction of sp³-hybridized carbons (Fsp3) is 0.178. The van der Waals surface area contributed by atoms with E-state index in [4.69, 9.17) is 37.9 Å². The summed E-state index contributed by atoms with van der Waals surface area (Å²) >= 11 is 0. The van der Waals surface area contributed by atoms with Crippen LogP contribution in [0.1, 0.15) is 15.9 Å². The Kier molecular flexibility index (Phi) is 10.5. The molecule has 0 unspecified atom stereocenters. The van der Waals surface area contributed by atoms with Crippen LogP contribution in [-0.2, 0) is 0 Å². The third-order valence-electron chi connectivity index (χ3n) is 9.78. The number of fused-ring (bicyclic) bond motifs is 3. The maximum atomic E-state index is 14.5. The van der Waals surface area contributed by atoms with Crippen LogP contribution in [0.5, 0.6) is 46.0 Å². The normalized spacial score (nSPS) is 11.2. The average molecular weight is 755 g/mol. The molecule has 286 valence electrons. The van der Waals surface area contributed by atoms with E-state index in [9.17, 15) is 4.79 Å². The van der Waals surface area contributed by atoms with Crippen LogP contribution in [0.25, 0.3) is 11.1 Å². The minimum absolute atomic E-state index is 0.0992. The molecule has 0 bridgehead atoms. The molecular formula is C45H42N2O9. The molecule has 0 saturated heterocycles. The predicted octanol–water partition coefficient (Wildman–Crippen LogP) is 9.91. The number of nitrogens with zero attached hydrogens (tertiary/aromatic N) is 2. The molecule has 0 aromatic heterocycles. The minimum atomic E-state index is -0.0992. The Morgan fingerprint density at radius 2 is 0.643 bits per heavy atom. The van der Waals surface area contributed by atoms with Crippen molar-refractivity contribution in [1.82, 2.24) is 0 Å². The number of ketones is 1. The van der Waals surface area contributed by atoms with Gasteiger partial charge in [-0.3, -0.25) is 4.79 Å². The molecule has 0 spiro atoms. The Morgan fingerprint density at radius 3 is 0.929 bits per heavy atom. The van der Waals surface area contributed by atoms with Crippen molar-refractivity contribution >= 4 is 39.9 Å². The molecule has 0 heterocycles. The van der Waals surface area contributed by atoms with Gasteiger partial charge in [-0.05, 0) is 83.9 Å². The van der Waals surface area contributed by atoms with Gasteiger partial charge in [-0.2, -0.15) is 0 Å². The fourth-order valence-electron chi connectivity index (χ4n) is 7.08. The number of anilines is 6. The Hall–Kier alpha value is -7.01. The summed E-state index contributed by atoms with van der Waals surface area (Å²) < 4.78 is 45.0. The maximum absolute atomic E-state index is 14.5. The highest BCUT2D eigenvalue weighted by molar-refractivity contribution is 6.22. The molecule has 0 amide bonds. The number of carbonyl (C=O) groups is 1. The van der Waals surface area contributed by atoms with Gasteiger partial charge in [-0.1, -0.05) is 12.1 Å². The van der Waals surface area contributed by atoms with E-state index in [1.54, 1.807) is 56.9 Å². The standard InChI is InChI=1S/C45H42N2O9/c1-49-33-15-9-27(10-16-33)46(31-23-39(51-3)44(55-7)40(24-31)52-4)29-13-19-35-36-20-14-30(22-38(36)43(48)37(35)21-29)47(28-11-17-34(50-2)18-12-28)32-25-41(53-5)45(56-8)42(26-32)54-6/h9-26H,1-8H3. The van der Waals surface area contributed by atoms with Gasteiger partial charge in [0.1, 0.15) is 11.5 Å². The molecule has 56 heavy (non-hydrogen) atoms. The summed E-state index contributed by atoms with van der Waals surface area (Å²) in [5, 5.41) is 0. The molecule has 0 aliphatic heterocycles. The number of rotatable bonds is 14. The zero-order chi connectivity index (χ0) is 39.5. The van der Waals surface area contributed by atoms with E-state index in [0.717, 1.165) is 45.3 Å². The average Bonchev–Trinajstić information content (AvgIpc) is 3.53. The predicted molar refractivity (Wildman–Crippen MR) is 217 cm³/mol. The van der Waals surface area contributed by atoms with Crippen molar-refractivity contribution in [3.63, 3.8) is 0 Å². The second-order valence-corrected chi connectivity index (χ2v) is 12.6. The zero-order valence-electron chi connectivity index (χ0n) is 32.5. The van der Waals surface area contributed by atoms with Gasteiger partial charge in [-0.15, -0.1) is 0 Å². The topological polar surface area (TPSA) is 97.4 Å². The number of methoxy groups -OCH3 is 8. The van der Waals surface area contributed by atoms with Gasteiger partial charge in [0, 0.05) is 58.1 Å². The van der Waals surface area contributed by atoms with E-state index < -0.39 is 0 Å². The number of benzene rings is 6. The third-order valence-corrected chi connectivity index (χ3v) is 9.78. The Balaban J connectivity index is 1.34. The van der Waals surface area contributed by atoms with Gasteiger partial charge in [0.15, 0.2) is 28.8 Å². The van der Waals surface area contributed by atoms with E-state index in [-0.39, 0.29) is 5.78 Å². The van der Waals surface area contributed by atoms with Crippen molar-refractivity contribution in [2.45, 2.75) is 0 Å². The molecule has 1 aliphatic carbocycles. The summed E-state index contributed by atoms with van der Waals surface area (Å²) in [7, 11) is 12.7. The van der Waals surface area contributed by atoms with Crippen LogP contribution in [-0.4, -0.2) is 62.7 Å². The van der Waals surface area contributed by atoms with Crippen molar-refractivity contribution in [3.8, 4) is 57.1 Å². The van der Waals surface area contributed by atoms with Crippen molar-refractivity contribution in [2.24, 2.45) is 0 Å². The first-order valence-electron chi connectivity index (χ1n) is 17.6. The lowest BCUT2D eigenvalue weighted by Crippen LogP contribution is -2.12. The molecule has 7 rings (SSSR count). The summed E-state index contributed by atoms with van der Waals surface area (Å²) in [6.45, 7) is 0. The quantitative estimate of drug-likeness (QED) is 0.106. The fourth-order valence-corrected chi connectivity index (χ4v) is 7.08. The number of hydrogen-bond donors (Lipinski definition) is 0. The molecule has 0 atom stereocenters. The Labute approximate surface area is 326 Å². The summed E-state index contributed by atoms with van der Waals surface area (Å²) in [5.74, 6) is 4.23. The second kappa shape index (κ2) is 15.8. The molecule has 0 fully saturated rings. The van der Waals surface area contributed by atoms with Gasteiger partial charge < -0.3 is 47.7 Å². The molecule has 11 nitrogen and oxygen atoms in total. The summed E-state index contributed by atoms with van der Waals surface area (Å²) in [4.78, 5) is 18.6. The van der Waals surface area contributed by atoms with Crippen LogP contribution in [0.15, 0.2) is 109 Å². The molecule has 0 N–H and O–H groups in total. The van der Waals surface area contributed by atoms with Crippen molar-refractivity contribution in [3.05, 3.63) is 120 Å². The summed E-state index contributed by atoms with van der Waals surface area (Å²) in [6.07, 6.45) is 0. The lowest BCUT2D eigenvalue weighted by atomic mass is 10.0. The zero-order valence-corrected chi connectivity index (χ0v) is 32.5. The van der Waals surface area contributed by atoms with Crippen LogP contribution in [0.3, 0.4) is 0 Å². The van der Waals surface area contributed by atoms with E-state index in [0.29, 0.717) is 57.1 Å². The smallest absolute Gasteiger partial charge is 0.203 e. The first-order valence-corrected chi connectivity index (χ1v) is 17.6. The third kappa shape index (κ3) is 6.57. The van der Waals surface area contributed by atoms with Crippen molar-refractivity contribution < 1.29 is 42.7 Å². The van der Waals surface area contributed by atoms with E-state index in [2.05, 4.69) is 0 Å². The lowest BCUT2D eigenvalue weighted by molar-refractivity contribution is 0.104. The molecule has 0 radical (unpaired) electrons. The highest BCUT2D eigenvalue weighted by atomic mass is 16.5. The summed E-state index contributed by atoms with van der Waals surface area (Å²) in [5.41, 5.74) is 7.44. The van der Waals surface area contributed by atoms with Gasteiger partial charge >= 0.3 is 0 Å². The SMILES string of the molecule is COc1ccc(N(c2cc(OC)c(OC)c(OC)c2)c2ccc3c(c2)C(=O)c2cc(N(c4ccc(OC)cc4)c4cc(OC)c(OC)c(OC)c4)ccc2-3)cc1. The molecular weight excluding hydrogens is 713 g/mol. The van der Waals surface area contributed by atoms with E-state index >= 15 is 0 Å². The second-order valence-electron chi connectivity index (χ2n) is 12.6. The van der Waals surface area contributed by atoms with Crippen LogP contribution < -0.4 is 47.7 Å². The minimum Gasteiger partial charge on any atom is -0.497 e. The van der Waals surface area contributed by atoms with E-state index in [1.165, 1.54) is 0 Å². The number of ether oxygens (including phenoxy) is 8. The maximum Gasteiger partial charge on any atom is 0.203 e. The number of hydrogen-bond acceptors (Lipinski definition) is 11. The highest BCUT2D eigenvalue weighted by Crippen LogP contribution is 2.49. The van der Waals surface area contributed by atoms with Crippen LogP contribution >= 0.6 is 0 Å². The highest BCUT2D eigenvalue weighted by Gasteiger charge is 2.30. The van der Waals surface area contributed by atoms with Gasteiger partial charge in [0.2, 0.25) is 11.5 Å². The summed E-state index contributed by atoms with van der Waals surface area (Å²) in [6, 6.07) is 34.7. The molecule has 6 aromatic carbocycles. The van der Waals surface area contributed by atoms with Crippen molar-refractivity contribution in [1.29, 1.82) is 0 Å². The van der Waals surface area contributed by atoms with Crippen molar-refractivity contribution in [2.75, 3.05) is 66.7 Å². The number of carbonyl (C=O) groups excluding carboxylic acids is 1. The first kappa shape index (κ1) is 37.3. The van der Waals surface area contributed by atoms with Gasteiger partial charge in [-0.25, -0.2) is 0 Å². The monoisotopic (exact) mass is 754 g/mol. The molecule has 6 aromatic rings. The van der Waals surface area contributed by atoms with Crippen LogP contribution in [0.2, 0.25) is 0 Å². The van der Waals surface area contributed by atoms with E-state index in [1.807, 2.05) is 119 Å². The molecule has 1 aliphatic rings. The Bertz CT molecular complexity index is 2180. The van der Waals surface area contributed by atoms with Gasteiger partial charge in [0.25, 0.3) is 0 Å². The lowest BCUT2D eigenvalue weighted by Gasteiger charge is -2.27. The van der Waals surface area contributed by atoms with Gasteiger partial charge in [0.05, 0.1) is 68.3 Å². The van der Waals surface area contributed by atoms with Crippen LogP contribution in [0, 0.1) is 0 Å². The largest absolute Gasteiger partial charge is 0.497 e. The van der Waals surface area contributed by atoms with Crippen LogP contribution in [0.4, 0.5) is 34.1 Å². The first-order chi connectivity index (χ1) is 27.3. The molecule has 0 saturated carbocycles.